The Labute approximate surface area is 212 Å². The number of rotatable bonds is 10. The zero-order chi connectivity index (χ0) is 25.7. The van der Waals surface area contributed by atoms with E-state index in [-0.39, 0.29) is 37.1 Å². The summed E-state index contributed by atoms with van der Waals surface area (Å²) in [6, 6.07) is 7.15. The SMILES string of the molecule is COCCCN1C(=O)C[C@](CC(=O)N(C)Cc2n[nH]c3c2CCCCC3)(c2ccccc2OC)C1=O. The number of aryl methyl sites for hydroxylation is 1. The number of amides is 3. The Balaban J connectivity index is 1.60. The quantitative estimate of drug-likeness (QED) is 0.308. The molecule has 1 aliphatic carbocycles. The maximum atomic E-state index is 13.8. The molecule has 2 aliphatic rings. The number of carbonyl (C=O) groups excluding carboxylic acids is 3. The highest BCUT2D eigenvalue weighted by Gasteiger charge is 2.55. The van der Waals surface area contributed by atoms with Crippen molar-refractivity contribution in [1.82, 2.24) is 20.0 Å². The Bertz CT molecular complexity index is 1110. The van der Waals surface area contributed by atoms with E-state index in [1.165, 1.54) is 24.0 Å². The zero-order valence-corrected chi connectivity index (χ0v) is 21.5. The lowest BCUT2D eigenvalue weighted by molar-refractivity contribution is -0.142. The molecule has 1 aromatic heterocycles. The lowest BCUT2D eigenvalue weighted by atomic mass is 9.75. The topological polar surface area (TPSA) is 105 Å². The van der Waals surface area contributed by atoms with Crippen molar-refractivity contribution in [3.8, 4) is 5.75 Å². The number of aromatic nitrogens is 2. The molecule has 1 aromatic carbocycles. The standard InChI is InChI=1S/C27H36N4O5/c1-30(18-22-19-10-5-4-6-12-21(19)28-29-22)24(32)16-27(20-11-7-8-13-23(20)36-3)17-25(33)31(26(27)34)14-9-15-35-2/h7-8,11,13H,4-6,9-10,12,14-18H2,1-3H3,(H,28,29)/t27-/m1/s1. The van der Waals surface area contributed by atoms with Crippen molar-refractivity contribution >= 4 is 17.7 Å². The molecular weight excluding hydrogens is 460 g/mol. The van der Waals surface area contributed by atoms with E-state index in [0.29, 0.717) is 30.9 Å². The molecule has 194 valence electrons. The van der Waals surface area contributed by atoms with Gasteiger partial charge in [-0.05, 0) is 43.7 Å². The average molecular weight is 497 g/mol. The molecule has 36 heavy (non-hydrogen) atoms. The minimum absolute atomic E-state index is 0.0728. The van der Waals surface area contributed by atoms with Crippen LogP contribution in [0.15, 0.2) is 24.3 Å². The third kappa shape index (κ3) is 5.02. The molecule has 0 bridgehead atoms. The molecular formula is C27H36N4O5. The van der Waals surface area contributed by atoms with Crippen molar-refractivity contribution in [2.45, 2.75) is 63.3 Å². The summed E-state index contributed by atoms with van der Waals surface area (Å²) in [5.41, 5.74) is 2.50. The maximum Gasteiger partial charge on any atom is 0.241 e. The normalized spacial score (nSPS) is 19.8. The van der Waals surface area contributed by atoms with Gasteiger partial charge in [0.05, 0.1) is 24.8 Å². The molecule has 0 unspecified atom stereocenters. The van der Waals surface area contributed by atoms with Gasteiger partial charge in [-0.1, -0.05) is 24.6 Å². The van der Waals surface area contributed by atoms with Crippen LogP contribution in [-0.2, 0) is 43.9 Å². The highest BCUT2D eigenvalue weighted by molar-refractivity contribution is 6.11. The number of carbonyl (C=O) groups is 3. The van der Waals surface area contributed by atoms with E-state index in [2.05, 4.69) is 10.2 Å². The van der Waals surface area contributed by atoms with Gasteiger partial charge in [-0.2, -0.15) is 5.10 Å². The summed E-state index contributed by atoms with van der Waals surface area (Å²) >= 11 is 0. The molecule has 0 radical (unpaired) electrons. The Morgan fingerprint density at radius 3 is 2.72 bits per heavy atom. The summed E-state index contributed by atoms with van der Waals surface area (Å²) in [5, 5.41) is 7.65. The zero-order valence-electron chi connectivity index (χ0n) is 21.5. The van der Waals surface area contributed by atoms with E-state index >= 15 is 0 Å². The Hall–Kier alpha value is -3.20. The molecule has 1 aliphatic heterocycles. The summed E-state index contributed by atoms with van der Waals surface area (Å²) < 4.78 is 10.7. The van der Waals surface area contributed by atoms with Crippen LogP contribution in [-0.4, -0.2) is 72.1 Å². The van der Waals surface area contributed by atoms with Crippen molar-refractivity contribution in [2.24, 2.45) is 0 Å². The van der Waals surface area contributed by atoms with Gasteiger partial charge < -0.3 is 14.4 Å². The summed E-state index contributed by atoms with van der Waals surface area (Å²) in [4.78, 5) is 43.4. The smallest absolute Gasteiger partial charge is 0.241 e. The molecule has 0 spiro atoms. The van der Waals surface area contributed by atoms with E-state index < -0.39 is 5.41 Å². The molecule has 1 atom stereocenters. The van der Waals surface area contributed by atoms with Gasteiger partial charge in [-0.3, -0.25) is 24.4 Å². The Kier molecular flexibility index (Phi) is 8.08. The fourth-order valence-electron chi connectivity index (χ4n) is 5.44. The van der Waals surface area contributed by atoms with E-state index in [0.717, 1.165) is 37.1 Å². The van der Waals surface area contributed by atoms with Crippen molar-refractivity contribution in [3.63, 3.8) is 0 Å². The van der Waals surface area contributed by atoms with Crippen LogP contribution in [0, 0.1) is 0 Å². The van der Waals surface area contributed by atoms with Gasteiger partial charge in [0.15, 0.2) is 0 Å². The van der Waals surface area contributed by atoms with Gasteiger partial charge in [-0.15, -0.1) is 0 Å². The number of likely N-dealkylation sites (tertiary alicyclic amines) is 1. The second kappa shape index (κ2) is 11.2. The molecule has 9 heteroatoms. The van der Waals surface area contributed by atoms with Crippen molar-refractivity contribution in [3.05, 3.63) is 46.8 Å². The molecule has 2 heterocycles. The van der Waals surface area contributed by atoms with Crippen LogP contribution in [0.1, 0.15) is 61.0 Å². The van der Waals surface area contributed by atoms with Crippen LogP contribution in [0.4, 0.5) is 0 Å². The number of nitrogens with zero attached hydrogens (tertiary/aromatic N) is 3. The largest absolute Gasteiger partial charge is 0.496 e. The molecule has 3 amide bonds. The minimum atomic E-state index is -1.31. The van der Waals surface area contributed by atoms with E-state index in [1.807, 2.05) is 6.07 Å². The van der Waals surface area contributed by atoms with Crippen molar-refractivity contribution in [1.29, 1.82) is 0 Å². The van der Waals surface area contributed by atoms with Gasteiger partial charge in [0.1, 0.15) is 5.75 Å². The minimum Gasteiger partial charge on any atom is -0.496 e. The van der Waals surface area contributed by atoms with Gasteiger partial charge in [-0.25, -0.2) is 0 Å². The van der Waals surface area contributed by atoms with Gasteiger partial charge >= 0.3 is 0 Å². The van der Waals surface area contributed by atoms with Crippen LogP contribution >= 0.6 is 0 Å². The number of nitrogens with one attached hydrogen (secondary N) is 1. The summed E-state index contributed by atoms with van der Waals surface area (Å²) in [7, 11) is 4.84. The van der Waals surface area contributed by atoms with E-state index in [1.54, 1.807) is 37.3 Å². The summed E-state index contributed by atoms with van der Waals surface area (Å²) in [6.07, 6.45) is 5.72. The number of aromatic amines is 1. The number of methoxy groups -OCH3 is 2. The highest BCUT2D eigenvalue weighted by Crippen LogP contribution is 2.44. The first-order valence-electron chi connectivity index (χ1n) is 12.7. The summed E-state index contributed by atoms with van der Waals surface area (Å²) in [6.45, 7) is 1.05. The number of H-pyrrole nitrogens is 1. The molecule has 2 aromatic rings. The van der Waals surface area contributed by atoms with E-state index in [9.17, 15) is 14.4 Å². The molecule has 1 fully saturated rings. The second-order valence-electron chi connectivity index (χ2n) is 9.77. The van der Waals surface area contributed by atoms with Crippen LogP contribution in [0.3, 0.4) is 0 Å². The maximum absolute atomic E-state index is 13.8. The van der Waals surface area contributed by atoms with E-state index in [4.69, 9.17) is 9.47 Å². The number of para-hydroxylation sites is 1. The van der Waals surface area contributed by atoms with Crippen LogP contribution in [0.2, 0.25) is 0 Å². The summed E-state index contributed by atoms with van der Waals surface area (Å²) in [5.74, 6) is -0.366. The van der Waals surface area contributed by atoms with Crippen molar-refractivity contribution in [2.75, 3.05) is 34.4 Å². The fraction of sp³-hybridized carbons (Fsp3) is 0.556. The molecule has 9 nitrogen and oxygen atoms in total. The fourth-order valence-corrected chi connectivity index (χ4v) is 5.44. The monoisotopic (exact) mass is 496 g/mol. The van der Waals surface area contributed by atoms with Crippen LogP contribution < -0.4 is 4.74 Å². The molecule has 1 N–H and O–H groups in total. The predicted octanol–water partition coefficient (Wildman–Crippen LogP) is 2.77. The highest BCUT2D eigenvalue weighted by atomic mass is 16.5. The van der Waals surface area contributed by atoms with Gasteiger partial charge in [0.25, 0.3) is 0 Å². The molecule has 0 saturated carbocycles. The first-order chi connectivity index (χ1) is 17.4. The lowest BCUT2D eigenvalue weighted by Gasteiger charge is -2.30. The van der Waals surface area contributed by atoms with Gasteiger partial charge in [0.2, 0.25) is 17.7 Å². The van der Waals surface area contributed by atoms with Crippen LogP contribution in [0.5, 0.6) is 5.75 Å². The lowest BCUT2D eigenvalue weighted by Crippen LogP contribution is -2.43. The number of benzene rings is 1. The molecule has 4 rings (SSSR count). The third-order valence-electron chi connectivity index (χ3n) is 7.42. The number of hydrogen-bond acceptors (Lipinski definition) is 6. The number of fused-ring (bicyclic) bond motifs is 1. The molecule has 1 saturated heterocycles. The first-order valence-corrected chi connectivity index (χ1v) is 12.7. The predicted molar refractivity (Wildman–Crippen MR) is 133 cm³/mol. The Morgan fingerprint density at radius 1 is 1.17 bits per heavy atom. The van der Waals surface area contributed by atoms with Crippen LogP contribution in [0.25, 0.3) is 0 Å². The number of ether oxygens (including phenoxy) is 2. The first kappa shape index (κ1) is 25.9. The second-order valence-corrected chi connectivity index (χ2v) is 9.77. The van der Waals surface area contributed by atoms with Gasteiger partial charge in [0, 0.05) is 51.4 Å². The third-order valence-corrected chi connectivity index (χ3v) is 7.42. The number of imide groups is 1. The average Bonchev–Trinajstić information content (AvgIpc) is 3.24. The number of hydrogen-bond donors (Lipinski definition) is 1. The van der Waals surface area contributed by atoms with Crippen molar-refractivity contribution < 1.29 is 23.9 Å². The Morgan fingerprint density at radius 2 is 1.94 bits per heavy atom.